The largest absolute Gasteiger partial charge is 0.436 e. The first kappa shape index (κ1) is 23.7. The minimum Gasteiger partial charge on any atom is -0.436 e. The first-order valence-corrected chi connectivity index (χ1v) is 13.0. The van der Waals surface area contributed by atoms with Gasteiger partial charge in [-0.1, -0.05) is 35.9 Å². The number of benzene rings is 4. The molecule has 0 spiro atoms. The fourth-order valence-electron chi connectivity index (χ4n) is 3.77. The summed E-state index contributed by atoms with van der Waals surface area (Å²) in [6, 6.07) is 21.9. The number of rotatable bonds is 5. The number of nitrogens with zero attached hydrogens (tertiary/aromatic N) is 1. The van der Waals surface area contributed by atoms with E-state index in [0.29, 0.717) is 44.4 Å². The zero-order valence-corrected chi connectivity index (χ0v) is 20.4. The first-order valence-electron chi connectivity index (χ1n) is 10.8. The lowest BCUT2D eigenvalue weighted by Crippen LogP contribution is -2.14. The summed E-state index contributed by atoms with van der Waals surface area (Å²) in [5.41, 5.74) is 3.27. The molecule has 0 atom stereocenters. The molecule has 0 saturated heterocycles. The van der Waals surface area contributed by atoms with E-state index in [2.05, 4.69) is 10.3 Å². The van der Waals surface area contributed by atoms with E-state index in [9.17, 15) is 17.6 Å². The second-order valence-electron chi connectivity index (χ2n) is 8.12. The fourth-order valence-corrected chi connectivity index (χ4v) is 4.62. The number of oxazole rings is 1. The molecule has 0 aliphatic heterocycles. The van der Waals surface area contributed by atoms with Gasteiger partial charge >= 0.3 is 0 Å². The van der Waals surface area contributed by atoms with Crippen molar-refractivity contribution in [3.63, 3.8) is 0 Å². The highest BCUT2D eigenvalue weighted by Crippen LogP contribution is 2.33. The Bertz CT molecular complexity index is 1700. The van der Waals surface area contributed by atoms with Crippen LogP contribution in [0.25, 0.3) is 33.7 Å². The highest BCUT2D eigenvalue weighted by Gasteiger charge is 2.19. The van der Waals surface area contributed by atoms with Crippen molar-refractivity contribution in [1.82, 2.24) is 4.98 Å². The monoisotopic (exact) mass is 520 g/mol. The van der Waals surface area contributed by atoms with Gasteiger partial charge in [-0.25, -0.2) is 17.8 Å². The zero-order valence-electron chi connectivity index (χ0n) is 18.8. The standard InChI is InChI=1S/C27H18ClFN2O4S/c1-36(33,34)19-11-12-20(21(15-19)16-6-8-17(29)9-7-16)26(32)30-18-10-13-23(28)22(14-18)27-31-24-4-2-3-5-25(24)35-27/h2-15H,1H3,(H,30,32). The number of hydrogen-bond donors (Lipinski definition) is 1. The van der Waals surface area contributed by atoms with Gasteiger partial charge in [-0.3, -0.25) is 4.79 Å². The number of anilines is 1. The van der Waals surface area contributed by atoms with Crippen molar-refractivity contribution >= 4 is 44.1 Å². The molecule has 1 heterocycles. The summed E-state index contributed by atoms with van der Waals surface area (Å²) in [7, 11) is -3.53. The molecule has 1 N–H and O–H groups in total. The topological polar surface area (TPSA) is 89.3 Å². The molecule has 0 aliphatic rings. The Hall–Kier alpha value is -4.01. The highest BCUT2D eigenvalue weighted by atomic mass is 35.5. The van der Waals surface area contributed by atoms with E-state index in [1.807, 2.05) is 18.2 Å². The van der Waals surface area contributed by atoms with Gasteiger partial charge in [0.2, 0.25) is 5.89 Å². The number of sulfone groups is 1. The van der Waals surface area contributed by atoms with Crippen molar-refractivity contribution in [2.24, 2.45) is 0 Å². The number of halogens is 2. The fraction of sp³-hybridized carbons (Fsp3) is 0.0370. The van der Waals surface area contributed by atoms with Gasteiger partial charge in [0.15, 0.2) is 15.4 Å². The van der Waals surface area contributed by atoms with Gasteiger partial charge in [0.05, 0.1) is 15.5 Å². The molecule has 0 aliphatic carbocycles. The smallest absolute Gasteiger partial charge is 0.256 e. The molecule has 0 unspecified atom stereocenters. The number of para-hydroxylation sites is 2. The number of carbonyl (C=O) groups is 1. The average Bonchev–Trinajstić information content (AvgIpc) is 3.29. The number of amides is 1. The molecule has 0 fully saturated rings. The minimum atomic E-state index is -3.53. The van der Waals surface area contributed by atoms with Crippen LogP contribution < -0.4 is 5.32 Å². The van der Waals surface area contributed by atoms with Crippen LogP contribution in [0, 0.1) is 5.82 Å². The normalized spacial score (nSPS) is 11.5. The van der Waals surface area contributed by atoms with E-state index in [1.54, 1.807) is 24.3 Å². The molecule has 1 amide bonds. The first-order chi connectivity index (χ1) is 17.2. The molecule has 5 aromatic rings. The molecule has 0 radical (unpaired) electrons. The lowest BCUT2D eigenvalue weighted by Gasteiger charge is -2.13. The lowest BCUT2D eigenvalue weighted by molar-refractivity contribution is 0.102. The molecule has 1 aromatic heterocycles. The molecular weight excluding hydrogens is 503 g/mol. The molecular formula is C27H18ClFN2O4S. The van der Waals surface area contributed by atoms with Crippen molar-refractivity contribution < 1.29 is 22.0 Å². The van der Waals surface area contributed by atoms with Crippen molar-refractivity contribution in [2.75, 3.05) is 11.6 Å². The maximum Gasteiger partial charge on any atom is 0.256 e. The van der Waals surface area contributed by atoms with E-state index in [4.69, 9.17) is 16.0 Å². The van der Waals surface area contributed by atoms with Crippen LogP contribution in [0.1, 0.15) is 10.4 Å². The number of nitrogens with one attached hydrogen (secondary N) is 1. The van der Waals surface area contributed by atoms with Crippen molar-refractivity contribution in [2.45, 2.75) is 4.90 Å². The highest BCUT2D eigenvalue weighted by molar-refractivity contribution is 7.90. The average molecular weight is 521 g/mol. The van der Waals surface area contributed by atoms with Gasteiger partial charge < -0.3 is 9.73 Å². The molecule has 180 valence electrons. The molecule has 36 heavy (non-hydrogen) atoms. The zero-order chi connectivity index (χ0) is 25.4. The Morgan fingerprint density at radius 1 is 0.944 bits per heavy atom. The number of carbonyl (C=O) groups excluding carboxylic acids is 1. The van der Waals surface area contributed by atoms with Crippen LogP contribution >= 0.6 is 11.6 Å². The summed E-state index contributed by atoms with van der Waals surface area (Å²) in [6.45, 7) is 0. The summed E-state index contributed by atoms with van der Waals surface area (Å²) in [5, 5.41) is 3.21. The van der Waals surface area contributed by atoms with Gasteiger partial charge in [-0.05, 0) is 71.8 Å². The number of fused-ring (bicyclic) bond motifs is 1. The molecule has 9 heteroatoms. The van der Waals surface area contributed by atoms with Crippen LogP contribution in [0.2, 0.25) is 5.02 Å². The third kappa shape index (κ3) is 4.73. The molecule has 5 rings (SSSR count). The second-order valence-corrected chi connectivity index (χ2v) is 10.5. The van der Waals surface area contributed by atoms with E-state index >= 15 is 0 Å². The molecule has 0 bridgehead atoms. The Morgan fingerprint density at radius 3 is 2.42 bits per heavy atom. The van der Waals surface area contributed by atoms with Gasteiger partial charge in [-0.15, -0.1) is 0 Å². The van der Waals surface area contributed by atoms with Crippen LogP contribution in [0.4, 0.5) is 10.1 Å². The Kier molecular flexibility index (Phi) is 6.07. The maximum atomic E-state index is 13.5. The number of aromatic nitrogens is 1. The van der Waals surface area contributed by atoms with Gasteiger partial charge in [-0.2, -0.15) is 0 Å². The quantitative estimate of drug-likeness (QED) is 0.281. The van der Waals surface area contributed by atoms with E-state index in [1.165, 1.54) is 42.5 Å². The summed E-state index contributed by atoms with van der Waals surface area (Å²) in [6.07, 6.45) is 1.08. The van der Waals surface area contributed by atoms with Gasteiger partial charge in [0.25, 0.3) is 5.91 Å². The van der Waals surface area contributed by atoms with Crippen LogP contribution in [0.3, 0.4) is 0 Å². The summed E-state index contributed by atoms with van der Waals surface area (Å²) in [4.78, 5) is 17.8. The number of hydrogen-bond acceptors (Lipinski definition) is 5. The van der Waals surface area contributed by atoms with Crippen molar-refractivity contribution in [3.05, 3.63) is 101 Å². The minimum absolute atomic E-state index is 0.0446. The van der Waals surface area contributed by atoms with E-state index in [0.717, 1.165) is 6.26 Å². The van der Waals surface area contributed by atoms with E-state index < -0.39 is 21.6 Å². The van der Waals surface area contributed by atoms with Crippen LogP contribution in [0.5, 0.6) is 0 Å². The van der Waals surface area contributed by atoms with Crippen LogP contribution in [-0.4, -0.2) is 25.6 Å². The Labute approximate surface area is 211 Å². The Balaban J connectivity index is 1.52. The van der Waals surface area contributed by atoms with Crippen molar-refractivity contribution in [1.29, 1.82) is 0 Å². The Morgan fingerprint density at radius 2 is 1.69 bits per heavy atom. The van der Waals surface area contributed by atoms with Crippen LogP contribution in [-0.2, 0) is 9.84 Å². The lowest BCUT2D eigenvalue weighted by atomic mass is 9.99. The molecule has 6 nitrogen and oxygen atoms in total. The predicted octanol–water partition coefficient (Wildman–Crippen LogP) is 6.61. The summed E-state index contributed by atoms with van der Waals surface area (Å²) >= 11 is 6.39. The molecule has 0 saturated carbocycles. The van der Waals surface area contributed by atoms with E-state index in [-0.39, 0.29) is 10.5 Å². The predicted molar refractivity (Wildman–Crippen MR) is 137 cm³/mol. The third-order valence-electron chi connectivity index (χ3n) is 5.57. The maximum absolute atomic E-state index is 13.5. The van der Waals surface area contributed by atoms with Crippen LogP contribution in [0.15, 0.2) is 94.2 Å². The second kappa shape index (κ2) is 9.22. The van der Waals surface area contributed by atoms with Crippen molar-refractivity contribution in [3.8, 4) is 22.6 Å². The SMILES string of the molecule is CS(=O)(=O)c1ccc(C(=O)Nc2ccc(Cl)c(-c3nc4ccccc4o3)c2)c(-c2ccc(F)cc2)c1. The third-order valence-corrected chi connectivity index (χ3v) is 7.01. The van der Waals surface area contributed by atoms with Gasteiger partial charge in [0.1, 0.15) is 11.3 Å². The molecule has 4 aromatic carbocycles. The summed E-state index contributed by atoms with van der Waals surface area (Å²) < 4.78 is 43.6. The van der Waals surface area contributed by atoms with Gasteiger partial charge in [0, 0.05) is 17.5 Å². The summed E-state index contributed by atoms with van der Waals surface area (Å²) in [5.74, 6) is -0.626.